The highest BCUT2D eigenvalue weighted by molar-refractivity contribution is 4.99. The Hall–Kier alpha value is -0.0400. The van der Waals surface area contributed by atoms with Gasteiger partial charge in [-0.3, -0.25) is 0 Å². The Balaban J connectivity index is 1.48. The van der Waals surface area contributed by atoms with E-state index in [4.69, 9.17) is 0 Å². The maximum atomic E-state index is 2.79. The first-order chi connectivity index (χ1) is 7.69. The molecule has 0 radical (unpaired) electrons. The molecule has 2 aliphatic carbocycles. The van der Waals surface area contributed by atoms with E-state index in [2.05, 4.69) is 18.7 Å². The minimum absolute atomic E-state index is 0.801. The van der Waals surface area contributed by atoms with Gasteiger partial charge in [-0.2, -0.15) is 0 Å². The monoisotopic (exact) mass is 221 g/mol. The van der Waals surface area contributed by atoms with Crippen molar-refractivity contribution < 1.29 is 0 Å². The number of hydrogen-bond donors (Lipinski definition) is 0. The molecule has 0 N–H and O–H groups in total. The lowest BCUT2D eigenvalue weighted by Gasteiger charge is -2.55. The van der Waals surface area contributed by atoms with Gasteiger partial charge in [0.1, 0.15) is 0 Å². The quantitative estimate of drug-likeness (QED) is 0.687. The number of piperidine rings is 1. The molecule has 0 aromatic heterocycles. The Labute approximate surface area is 101 Å². The first-order valence-corrected chi connectivity index (χ1v) is 7.43. The van der Waals surface area contributed by atoms with Crippen LogP contribution in [0.15, 0.2) is 0 Å². The lowest BCUT2D eigenvalue weighted by atomic mass is 9.55. The highest BCUT2D eigenvalue weighted by atomic mass is 15.2. The summed E-state index contributed by atoms with van der Waals surface area (Å²) in [5, 5.41) is 0. The van der Waals surface area contributed by atoms with E-state index in [1.165, 1.54) is 45.2 Å². The Kier molecular flexibility index (Phi) is 2.78. The third-order valence-electron chi connectivity index (χ3n) is 5.78. The van der Waals surface area contributed by atoms with Crippen molar-refractivity contribution >= 4 is 0 Å². The molecule has 92 valence electrons. The van der Waals surface area contributed by atoms with E-state index in [0.717, 1.165) is 23.3 Å². The molecule has 3 fully saturated rings. The second-order valence-corrected chi connectivity index (χ2v) is 7.03. The van der Waals surface area contributed by atoms with Gasteiger partial charge in [-0.25, -0.2) is 0 Å². The molecule has 1 heteroatoms. The van der Waals surface area contributed by atoms with E-state index in [9.17, 15) is 0 Å². The zero-order chi connectivity index (χ0) is 11.2. The van der Waals surface area contributed by atoms with Crippen molar-refractivity contribution in [2.45, 2.75) is 64.8 Å². The molecule has 0 atom stereocenters. The molecule has 0 aromatic rings. The Bertz CT molecular complexity index is 238. The molecule has 0 unspecified atom stereocenters. The first kappa shape index (κ1) is 11.1. The summed E-state index contributed by atoms with van der Waals surface area (Å²) in [7, 11) is 0. The van der Waals surface area contributed by atoms with Crippen LogP contribution in [0.5, 0.6) is 0 Å². The third-order valence-corrected chi connectivity index (χ3v) is 5.78. The van der Waals surface area contributed by atoms with E-state index in [1.807, 2.05) is 0 Å². The number of hydrogen-bond acceptors (Lipinski definition) is 1. The maximum absolute atomic E-state index is 2.79. The zero-order valence-corrected chi connectivity index (χ0v) is 11.0. The fourth-order valence-electron chi connectivity index (χ4n) is 4.05. The summed E-state index contributed by atoms with van der Waals surface area (Å²) in [4.78, 5) is 2.79. The van der Waals surface area contributed by atoms with Crippen LogP contribution in [0.2, 0.25) is 0 Å². The Morgan fingerprint density at radius 2 is 1.69 bits per heavy atom. The van der Waals surface area contributed by atoms with Crippen LogP contribution in [0.1, 0.15) is 58.8 Å². The van der Waals surface area contributed by atoms with Crippen LogP contribution in [0, 0.1) is 17.3 Å². The summed E-state index contributed by atoms with van der Waals surface area (Å²) in [5.41, 5.74) is 0.801. The molecule has 1 spiro atoms. The molecular weight excluding hydrogens is 194 g/mol. The van der Waals surface area contributed by atoms with Crippen molar-refractivity contribution in [1.29, 1.82) is 0 Å². The molecule has 3 rings (SSSR count). The molecule has 3 aliphatic rings. The molecule has 0 amide bonds. The van der Waals surface area contributed by atoms with Gasteiger partial charge < -0.3 is 4.90 Å². The summed E-state index contributed by atoms with van der Waals surface area (Å²) in [6, 6.07) is 0.985. The third kappa shape index (κ3) is 1.81. The molecule has 0 bridgehead atoms. The lowest BCUT2D eigenvalue weighted by Crippen LogP contribution is -2.52. The van der Waals surface area contributed by atoms with Gasteiger partial charge in [0.2, 0.25) is 0 Å². The van der Waals surface area contributed by atoms with Crippen molar-refractivity contribution in [3.8, 4) is 0 Å². The van der Waals surface area contributed by atoms with Crippen LogP contribution in [-0.2, 0) is 0 Å². The summed E-state index contributed by atoms with van der Waals surface area (Å²) in [6.45, 7) is 7.63. The molecular formula is C15H27N. The summed E-state index contributed by atoms with van der Waals surface area (Å²) in [6.07, 6.45) is 10.6. The predicted octanol–water partition coefficient (Wildman–Crippen LogP) is 3.69. The summed E-state index contributed by atoms with van der Waals surface area (Å²) < 4.78 is 0. The van der Waals surface area contributed by atoms with Crippen LogP contribution < -0.4 is 0 Å². The van der Waals surface area contributed by atoms with Crippen molar-refractivity contribution in [2.75, 3.05) is 13.1 Å². The van der Waals surface area contributed by atoms with Crippen LogP contribution in [-0.4, -0.2) is 24.0 Å². The topological polar surface area (TPSA) is 3.24 Å². The Morgan fingerprint density at radius 3 is 2.12 bits per heavy atom. The molecule has 1 saturated heterocycles. The normalized spacial score (nSPS) is 31.7. The highest BCUT2D eigenvalue weighted by Crippen LogP contribution is 2.55. The molecule has 0 aromatic carbocycles. The van der Waals surface area contributed by atoms with Crippen molar-refractivity contribution in [3.63, 3.8) is 0 Å². The smallest absolute Gasteiger partial charge is 0.00952 e. The van der Waals surface area contributed by atoms with Gasteiger partial charge in [0.25, 0.3) is 0 Å². The van der Waals surface area contributed by atoms with Crippen molar-refractivity contribution in [2.24, 2.45) is 17.3 Å². The summed E-state index contributed by atoms with van der Waals surface area (Å²) >= 11 is 0. The second-order valence-electron chi connectivity index (χ2n) is 7.03. The van der Waals surface area contributed by atoms with E-state index in [1.54, 1.807) is 12.8 Å². The van der Waals surface area contributed by atoms with Crippen LogP contribution in [0.4, 0.5) is 0 Å². The van der Waals surface area contributed by atoms with E-state index in [0.29, 0.717) is 0 Å². The lowest BCUT2D eigenvalue weighted by molar-refractivity contribution is -0.0476. The largest absolute Gasteiger partial charge is 0.300 e. The van der Waals surface area contributed by atoms with Gasteiger partial charge in [-0.1, -0.05) is 20.3 Å². The second kappa shape index (κ2) is 4.01. The van der Waals surface area contributed by atoms with Crippen LogP contribution >= 0.6 is 0 Å². The van der Waals surface area contributed by atoms with Gasteiger partial charge in [0.15, 0.2) is 0 Å². The van der Waals surface area contributed by atoms with Gasteiger partial charge in [0.05, 0.1) is 0 Å². The van der Waals surface area contributed by atoms with E-state index >= 15 is 0 Å². The van der Waals surface area contributed by atoms with Gasteiger partial charge in [-0.15, -0.1) is 0 Å². The van der Waals surface area contributed by atoms with Crippen LogP contribution in [0.25, 0.3) is 0 Å². The number of likely N-dealkylation sites (tertiary alicyclic amines) is 1. The predicted molar refractivity (Wildman–Crippen MR) is 68.4 cm³/mol. The average molecular weight is 221 g/mol. The fraction of sp³-hybridized carbons (Fsp3) is 1.00. The number of nitrogens with zero attached hydrogens (tertiary/aromatic N) is 1. The standard InChI is InChI=1S/C15H27N/c1-12(2)13-10-15(11-13)6-8-16(9-7-15)14-4-3-5-14/h12-14H,3-11H2,1-2H3. The average Bonchev–Trinajstić information content (AvgIpc) is 2.12. The fourth-order valence-corrected chi connectivity index (χ4v) is 4.05. The van der Waals surface area contributed by atoms with Gasteiger partial charge in [-0.05, 0) is 68.9 Å². The molecule has 2 saturated carbocycles. The van der Waals surface area contributed by atoms with E-state index < -0.39 is 0 Å². The minimum Gasteiger partial charge on any atom is -0.300 e. The Morgan fingerprint density at radius 1 is 1.06 bits per heavy atom. The molecule has 1 nitrogen and oxygen atoms in total. The van der Waals surface area contributed by atoms with Crippen LogP contribution in [0.3, 0.4) is 0 Å². The first-order valence-electron chi connectivity index (χ1n) is 7.43. The molecule has 1 heterocycles. The highest BCUT2D eigenvalue weighted by Gasteiger charge is 2.47. The van der Waals surface area contributed by atoms with Gasteiger partial charge >= 0.3 is 0 Å². The SMILES string of the molecule is CC(C)C1CC2(CCN(C3CCC3)CC2)C1. The summed E-state index contributed by atoms with van der Waals surface area (Å²) in [5.74, 6) is 1.98. The molecule has 1 aliphatic heterocycles. The van der Waals surface area contributed by atoms with Gasteiger partial charge in [0, 0.05) is 6.04 Å². The minimum atomic E-state index is 0.801. The maximum Gasteiger partial charge on any atom is 0.00952 e. The zero-order valence-electron chi connectivity index (χ0n) is 11.0. The van der Waals surface area contributed by atoms with Crippen molar-refractivity contribution in [1.82, 2.24) is 4.90 Å². The van der Waals surface area contributed by atoms with E-state index in [-0.39, 0.29) is 0 Å². The molecule has 16 heavy (non-hydrogen) atoms. The van der Waals surface area contributed by atoms with Crippen molar-refractivity contribution in [3.05, 3.63) is 0 Å². The number of rotatable bonds is 2.